The fourth-order valence-corrected chi connectivity index (χ4v) is 2.88. The van der Waals surface area contributed by atoms with E-state index in [0.29, 0.717) is 6.61 Å². The molecule has 0 saturated heterocycles. The number of esters is 1. The first-order valence-electron chi connectivity index (χ1n) is 7.31. The minimum Gasteiger partial charge on any atom is -0.463 e. The van der Waals surface area contributed by atoms with Crippen LogP contribution in [0.1, 0.15) is 23.6 Å². The summed E-state index contributed by atoms with van der Waals surface area (Å²) in [4.78, 5) is 12.6. The van der Waals surface area contributed by atoms with E-state index >= 15 is 0 Å². The van der Waals surface area contributed by atoms with E-state index in [9.17, 15) is 4.79 Å². The van der Waals surface area contributed by atoms with Gasteiger partial charge in [0, 0.05) is 16.7 Å². The van der Waals surface area contributed by atoms with Crippen molar-refractivity contribution in [3.63, 3.8) is 0 Å². The van der Waals surface area contributed by atoms with E-state index in [0.717, 1.165) is 16.9 Å². The molecule has 22 heavy (non-hydrogen) atoms. The molecule has 114 valence electrons. The van der Waals surface area contributed by atoms with Gasteiger partial charge in [0.1, 0.15) is 0 Å². The van der Waals surface area contributed by atoms with Crippen LogP contribution in [0.25, 0.3) is 6.08 Å². The number of benzene rings is 2. The molecule has 0 bridgehead atoms. The van der Waals surface area contributed by atoms with Crippen molar-refractivity contribution >= 4 is 23.8 Å². The SMILES string of the molecule is CCOC(=O)C=Cc1cc(SCc2ccccc2)ccc1C. The summed E-state index contributed by atoms with van der Waals surface area (Å²) >= 11 is 1.79. The Bertz CT molecular complexity index is 648. The van der Waals surface area contributed by atoms with Crippen LogP contribution in [0.15, 0.2) is 59.5 Å². The molecule has 0 atom stereocenters. The summed E-state index contributed by atoms with van der Waals surface area (Å²) in [7, 11) is 0. The maximum absolute atomic E-state index is 11.4. The minimum absolute atomic E-state index is 0.302. The fourth-order valence-electron chi connectivity index (χ4n) is 1.98. The van der Waals surface area contributed by atoms with Crippen LogP contribution in [0.2, 0.25) is 0 Å². The van der Waals surface area contributed by atoms with Gasteiger partial charge >= 0.3 is 5.97 Å². The van der Waals surface area contributed by atoms with Gasteiger partial charge < -0.3 is 4.74 Å². The molecule has 2 aromatic rings. The van der Waals surface area contributed by atoms with Gasteiger partial charge in [0.25, 0.3) is 0 Å². The van der Waals surface area contributed by atoms with E-state index in [1.807, 2.05) is 19.1 Å². The molecule has 0 fully saturated rings. The second-order valence-electron chi connectivity index (χ2n) is 4.88. The van der Waals surface area contributed by atoms with E-state index in [-0.39, 0.29) is 5.97 Å². The summed E-state index contributed by atoms with van der Waals surface area (Å²) in [5, 5.41) is 0. The number of carbonyl (C=O) groups is 1. The van der Waals surface area contributed by atoms with Gasteiger partial charge in [-0.15, -0.1) is 11.8 Å². The largest absolute Gasteiger partial charge is 0.463 e. The van der Waals surface area contributed by atoms with Crippen molar-refractivity contribution in [1.82, 2.24) is 0 Å². The predicted octanol–water partition coefficient (Wildman–Crippen LogP) is 4.86. The van der Waals surface area contributed by atoms with Gasteiger partial charge in [-0.2, -0.15) is 0 Å². The molecule has 0 amide bonds. The highest BCUT2D eigenvalue weighted by atomic mass is 32.2. The molecule has 0 spiro atoms. The highest BCUT2D eigenvalue weighted by molar-refractivity contribution is 7.98. The fraction of sp³-hybridized carbons (Fsp3) is 0.211. The van der Waals surface area contributed by atoms with Crippen LogP contribution in [0.5, 0.6) is 0 Å². The Balaban J connectivity index is 2.04. The van der Waals surface area contributed by atoms with Gasteiger partial charge in [0.15, 0.2) is 0 Å². The second kappa shape index (κ2) is 8.44. The van der Waals surface area contributed by atoms with Crippen molar-refractivity contribution in [2.24, 2.45) is 0 Å². The molecule has 0 radical (unpaired) electrons. The molecule has 2 nitrogen and oxygen atoms in total. The Kier molecular flexibility index (Phi) is 6.28. The second-order valence-corrected chi connectivity index (χ2v) is 5.93. The molecule has 2 rings (SSSR count). The molecule has 0 unspecified atom stereocenters. The number of hydrogen-bond acceptors (Lipinski definition) is 3. The molecule has 0 N–H and O–H groups in total. The van der Waals surface area contributed by atoms with Crippen LogP contribution in [0.4, 0.5) is 0 Å². The van der Waals surface area contributed by atoms with Crippen LogP contribution >= 0.6 is 11.8 Å². The third-order valence-electron chi connectivity index (χ3n) is 3.18. The molecule has 0 aliphatic carbocycles. The van der Waals surface area contributed by atoms with Crippen LogP contribution in [0, 0.1) is 6.92 Å². The van der Waals surface area contributed by atoms with Crippen LogP contribution in [0.3, 0.4) is 0 Å². The number of thioether (sulfide) groups is 1. The number of carbonyl (C=O) groups excluding carboxylic acids is 1. The summed E-state index contributed by atoms with van der Waals surface area (Å²) in [6.45, 7) is 4.24. The molecule has 2 aromatic carbocycles. The number of hydrogen-bond donors (Lipinski definition) is 0. The van der Waals surface area contributed by atoms with Crippen molar-refractivity contribution in [3.8, 4) is 0 Å². The monoisotopic (exact) mass is 312 g/mol. The summed E-state index contributed by atoms with van der Waals surface area (Å²) in [6, 6.07) is 16.7. The molecule has 0 heterocycles. The summed E-state index contributed by atoms with van der Waals surface area (Å²) in [6.07, 6.45) is 3.30. The number of ether oxygens (including phenoxy) is 1. The third-order valence-corrected chi connectivity index (χ3v) is 4.25. The normalized spacial score (nSPS) is 10.8. The zero-order valence-corrected chi connectivity index (χ0v) is 13.7. The smallest absolute Gasteiger partial charge is 0.330 e. The number of aryl methyl sites for hydroxylation is 1. The van der Waals surface area contributed by atoms with Gasteiger partial charge in [0.05, 0.1) is 6.61 Å². The molecule has 0 saturated carbocycles. The van der Waals surface area contributed by atoms with E-state index in [4.69, 9.17) is 4.74 Å². The van der Waals surface area contributed by atoms with Gasteiger partial charge in [-0.3, -0.25) is 0 Å². The van der Waals surface area contributed by atoms with Crippen molar-refractivity contribution in [1.29, 1.82) is 0 Å². The third kappa shape index (κ3) is 5.08. The molecule has 0 aromatic heterocycles. The molecular weight excluding hydrogens is 292 g/mol. The highest BCUT2D eigenvalue weighted by Gasteiger charge is 2.01. The first-order valence-corrected chi connectivity index (χ1v) is 8.30. The van der Waals surface area contributed by atoms with E-state index in [1.165, 1.54) is 16.5 Å². The topological polar surface area (TPSA) is 26.3 Å². The van der Waals surface area contributed by atoms with Crippen molar-refractivity contribution in [3.05, 3.63) is 71.3 Å². The zero-order chi connectivity index (χ0) is 15.8. The molecule has 0 aliphatic rings. The molecular formula is C19H20O2S. The first kappa shape index (κ1) is 16.4. The summed E-state index contributed by atoms with van der Waals surface area (Å²) < 4.78 is 4.91. The molecule has 3 heteroatoms. The lowest BCUT2D eigenvalue weighted by molar-refractivity contribution is -0.137. The average Bonchev–Trinajstić information content (AvgIpc) is 2.54. The average molecular weight is 312 g/mol. The Morgan fingerprint density at radius 3 is 2.68 bits per heavy atom. The Hall–Kier alpha value is -2.00. The highest BCUT2D eigenvalue weighted by Crippen LogP contribution is 2.25. The lowest BCUT2D eigenvalue weighted by Gasteiger charge is -2.06. The predicted molar refractivity (Wildman–Crippen MR) is 92.8 cm³/mol. The molecule has 0 aliphatic heterocycles. The van der Waals surface area contributed by atoms with E-state index in [2.05, 4.69) is 42.5 Å². The first-order chi connectivity index (χ1) is 10.7. The van der Waals surface area contributed by atoms with E-state index in [1.54, 1.807) is 18.7 Å². The lowest BCUT2D eigenvalue weighted by atomic mass is 10.1. The maximum atomic E-state index is 11.4. The van der Waals surface area contributed by atoms with E-state index < -0.39 is 0 Å². The Morgan fingerprint density at radius 2 is 1.95 bits per heavy atom. The lowest BCUT2D eigenvalue weighted by Crippen LogP contribution is -1.98. The van der Waals surface area contributed by atoms with Gasteiger partial charge in [0.2, 0.25) is 0 Å². The minimum atomic E-state index is -0.302. The van der Waals surface area contributed by atoms with Crippen LogP contribution < -0.4 is 0 Å². The number of rotatable bonds is 6. The standard InChI is InChI=1S/C19H20O2S/c1-3-21-19(20)12-10-17-13-18(11-9-15(17)2)22-14-16-7-5-4-6-8-16/h4-13H,3,14H2,1-2H3. The Labute approximate surface area is 136 Å². The van der Waals surface area contributed by atoms with Crippen LogP contribution in [-0.2, 0) is 15.3 Å². The van der Waals surface area contributed by atoms with Gasteiger partial charge in [-0.25, -0.2) is 4.79 Å². The van der Waals surface area contributed by atoms with Gasteiger partial charge in [-0.05, 0) is 48.7 Å². The Morgan fingerprint density at radius 1 is 1.18 bits per heavy atom. The van der Waals surface area contributed by atoms with Crippen molar-refractivity contribution < 1.29 is 9.53 Å². The van der Waals surface area contributed by atoms with Crippen molar-refractivity contribution in [2.75, 3.05) is 6.61 Å². The van der Waals surface area contributed by atoms with Crippen LogP contribution in [-0.4, -0.2) is 12.6 Å². The zero-order valence-electron chi connectivity index (χ0n) is 12.9. The summed E-state index contributed by atoms with van der Waals surface area (Å²) in [5.41, 5.74) is 3.49. The van der Waals surface area contributed by atoms with Crippen molar-refractivity contribution in [2.45, 2.75) is 24.5 Å². The van der Waals surface area contributed by atoms with Gasteiger partial charge in [-0.1, -0.05) is 36.4 Å². The maximum Gasteiger partial charge on any atom is 0.330 e. The quantitative estimate of drug-likeness (QED) is 0.433. The summed E-state index contributed by atoms with van der Waals surface area (Å²) in [5.74, 6) is 0.634.